The summed E-state index contributed by atoms with van der Waals surface area (Å²) in [7, 11) is 0. The van der Waals surface area contributed by atoms with E-state index in [4.69, 9.17) is 25.8 Å². The van der Waals surface area contributed by atoms with Gasteiger partial charge in [0.2, 0.25) is 0 Å². The van der Waals surface area contributed by atoms with Gasteiger partial charge in [0.05, 0.1) is 11.6 Å². The van der Waals surface area contributed by atoms with Gasteiger partial charge in [0, 0.05) is 18.7 Å². The molecule has 0 saturated carbocycles. The third kappa shape index (κ3) is 2.81. The summed E-state index contributed by atoms with van der Waals surface area (Å²) < 4.78 is 16.5. The Bertz CT molecular complexity index is 472. The van der Waals surface area contributed by atoms with Crippen LogP contribution in [0.3, 0.4) is 0 Å². The number of benzene rings is 1. The Morgan fingerprint density at radius 1 is 1.26 bits per heavy atom. The predicted octanol–water partition coefficient (Wildman–Crippen LogP) is 2.38. The number of rotatable bonds is 3. The highest BCUT2D eigenvalue weighted by atomic mass is 35.5. The van der Waals surface area contributed by atoms with E-state index in [2.05, 4.69) is 12.2 Å². The van der Waals surface area contributed by atoms with E-state index in [1.807, 2.05) is 12.1 Å². The Morgan fingerprint density at radius 3 is 2.89 bits per heavy atom. The van der Waals surface area contributed by atoms with Crippen LogP contribution in [-0.4, -0.2) is 32.0 Å². The zero-order valence-corrected chi connectivity index (χ0v) is 11.8. The molecule has 0 radical (unpaired) electrons. The second-order valence-corrected chi connectivity index (χ2v) is 5.73. The van der Waals surface area contributed by atoms with Crippen molar-refractivity contribution < 1.29 is 14.2 Å². The van der Waals surface area contributed by atoms with E-state index in [0.29, 0.717) is 24.0 Å². The number of halogens is 1. The fourth-order valence-corrected chi connectivity index (χ4v) is 2.68. The molecular weight excluding hydrogens is 266 g/mol. The van der Waals surface area contributed by atoms with Crippen molar-refractivity contribution in [3.05, 3.63) is 22.7 Å². The number of nitrogens with one attached hydrogen (secondary N) is 1. The average Bonchev–Trinajstić information content (AvgIpc) is 2.84. The molecule has 2 aliphatic heterocycles. The molecule has 2 heterocycles. The lowest BCUT2D eigenvalue weighted by Crippen LogP contribution is -2.42. The number of ether oxygens (including phenoxy) is 3. The first-order valence-corrected chi connectivity index (χ1v) is 6.95. The number of fused-ring (bicyclic) bond motifs is 1. The monoisotopic (exact) mass is 283 g/mol. The van der Waals surface area contributed by atoms with Crippen LogP contribution in [0, 0.1) is 0 Å². The van der Waals surface area contributed by atoms with Crippen molar-refractivity contribution in [1.29, 1.82) is 0 Å². The summed E-state index contributed by atoms with van der Waals surface area (Å²) in [6, 6.07) is 3.92. The van der Waals surface area contributed by atoms with Gasteiger partial charge in [-0.25, -0.2) is 0 Å². The second kappa shape index (κ2) is 5.19. The van der Waals surface area contributed by atoms with Gasteiger partial charge in [-0.3, -0.25) is 0 Å². The van der Waals surface area contributed by atoms with Crippen LogP contribution in [-0.2, 0) is 11.3 Å². The topological polar surface area (TPSA) is 39.7 Å². The smallest absolute Gasteiger partial charge is 0.179 e. The van der Waals surface area contributed by atoms with E-state index >= 15 is 0 Å². The summed E-state index contributed by atoms with van der Waals surface area (Å²) in [6.07, 6.45) is 1.03. The molecule has 0 aromatic heterocycles. The van der Waals surface area contributed by atoms with Crippen molar-refractivity contribution in [2.24, 2.45) is 0 Å². The lowest BCUT2D eigenvalue weighted by Gasteiger charge is -2.25. The molecule has 1 saturated heterocycles. The average molecular weight is 284 g/mol. The lowest BCUT2D eigenvalue weighted by molar-refractivity contribution is 0.169. The zero-order valence-electron chi connectivity index (χ0n) is 11.0. The highest BCUT2D eigenvalue weighted by Crippen LogP contribution is 2.38. The van der Waals surface area contributed by atoms with Crippen LogP contribution in [0.1, 0.15) is 18.9 Å². The van der Waals surface area contributed by atoms with E-state index in [9.17, 15) is 0 Å². The van der Waals surface area contributed by atoms with Crippen molar-refractivity contribution in [3.8, 4) is 11.5 Å². The zero-order chi connectivity index (χ0) is 13.3. The van der Waals surface area contributed by atoms with Crippen LogP contribution >= 0.6 is 11.6 Å². The Kier molecular flexibility index (Phi) is 3.56. The molecule has 1 atom stereocenters. The summed E-state index contributed by atoms with van der Waals surface area (Å²) in [5.74, 6) is 1.40. The SMILES string of the molecule is CC1(NCc2cc(Cl)c3c(c2)OCCO3)CCOC1. The van der Waals surface area contributed by atoms with E-state index in [0.717, 1.165) is 37.5 Å². The maximum absolute atomic E-state index is 6.22. The largest absolute Gasteiger partial charge is 0.486 e. The minimum atomic E-state index is 0.0553. The van der Waals surface area contributed by atoms with Crippen molar-refractivity contribution in [2.75, 3.05) is 26.4 Å². The molecule has 1 aromatic carbocycles. The molecule has 0 aliphatic carbocycles. The minimum absolute atomic E-state index is 0.0553. The summed E-state index contributed by atoms with van der Waals surface area (Å²) in [5.41, 5.74) is 1.15. The minimum Gasteiger partial charge on any atom is -0.486 e. The first-order valence-electron chi connectivity index (χ1n) is 6.57. The van der Waals surface area contributed by atoms with Crippen LogP contribution in [0.15, 0.2) is 12.1 Å². The van der Waals surface area contributed by atoms with E-state index < -0.39 is 0 Å². The van der Waals surface area contributed by atoms with Crippen molar-refractivity contribution in [1.82, 2.24) is 5.32 Å². The van der Waals surface area contributed by atoms with Crippen LogP contribution < -0.4 is 14.8 Å². The van der Waals surface area contributed by atoms with Gasteiger partial charge in [-0.05, 0) is 31.0 Å². The van der Waals surface area contributed by atoms with Crippen molar-refractivity contribution in [3.63, 3.8) is 0 Å². The lowest BCUT2D eigenvalue weighted by atomic mass is 10.0. The van der Waals surface area contributed by atoms with Crippen molar-refractivity contribution in [2.45, 2.75) is 25.4 Å². The van der Waals surface area contributed by atoms with Crippen LogP contribution in [0.4, 0.5) is 0 Å². The van der Waals surface area contributed by atoms with Gasteiger partial charge in [-0.1, -0.05) is 11.6 Å². The fourth-order valence-electron chi connectivity index (χ4n) is 2.39. The molecule has 4 nitrogen and oxygen atoms in total. The Balaban J connectivity index is 1.72. The Labute approximate surface area is 118 Å². The molecule has 0 spiro atoms. The predicted molar refractivity (Wildman–Crippen MR) is 73.1 cm³/mol. The molecule has 2 aliphatic rings. The molecule has 1 N–H and O–H groups in total. The first kappa shape index (κ1) is 13.0. The summed E-state index contributed by atoms with van der Waals surface area (Å²) in [6.45, 7) is 5.64. The van der Waals surface area contributed by atoms with E-state index in [1.165, 1.54) is 0 Å². The Morgan fingerprint density at radius 2 is 2.11 bits per heavy atom. The van der Waals surface area contributed by atoms with Gasteiger partial charge in [0.1, 0.15) is 13.2 Å². The Hall–Kier alpha value is -0.970. The quantitative estimate of drug-likeness (QED) is 0.925. The highest BCUT2D eigenvalue weighted by molar-refractivity contribution is 6.32. The molecule has 19 heavy (non-hydrogen) atoms. The molecule has 1 unspecified atom stereocenters. The summed E-state index contributed by atoms with van der Waals surface area (Å²) in [5, 5.41) is 4.14. The van der Waals surface area contributed by atoms with Gasteiger partial charge < -0.3 is 19.5 Å². The number of hydrogen-bond acceptors (Lipinski definition) is 4. The molecule has 1 fully saturated rings. The molecular formula is C14H18ClNO3. The van der Waals surface area contributed by atoms with Crippen molar-refractivity contribution >= 4 is 11.6 Å². The number of hydrogen-bond donors (Lipinski definition) is 1. The molecule has 3 rings (SSSR count). The van der Waals surface area contributed by atoms with E-state index in [1.54, 1.807) is 0 Å². The maximum atomic E-state index is 6.22. The second-order valence-electron chi connectivity index (χ2n) is 5.32. The van der Waals surface area contributed by atoms with Gasteiger partial charge in [0.15, 0.2) is 11.5 Å². The van der Waals surface area contributed by atoms with E-state index in [-0.39, 0.29) is 5.54 Å². The van der Waals surface area contributed by atoms with Gasteiger partial charge >= 0.3 is 0 Å². The third-order valence-corrected chi connectivity index (χ3v) is 3.88. The summed E-state index contributed by atoms with van der Waals surface area (Å²) >= 11 is 6.22. The standard InChI is InChI=1S/C14H18ClNO3/c1-14(2-3-17-9-14)16-8-10-6-11(15)13-12(7-10)18-4-5-19-13/h6-7,16H,2-5,8-9H2,1H3. The van der Waals surface area contributed by atoms with Crippen LogP contribution in [0.25, 0.3) is 0 Å². The van der Waals surface area contributed by atoms with Crippen LogP contribution in [0.5, 0.6) is 11.5 Å². The molecule has 104 valence electrons. The van der Waals surface area contributed by atoms with Gasteiger partial charge in [-0.15, -0.1) is 0 Å². The molecule has 1 aromatic rings. The molecule has 0 bridgehead atoms. The van der Waals surface area contributed by atoms with Gasteiger partial charge in [-0.2, -0.15) is 0 Å². The van der Waals surface area contributed by atoms with Gasteiger partial charge in [0.25, 0.3) is 0 Å². The maximum Gasteiger partial charge on any atom is 0.179 e. The van der Waals surface area contributed by atoms with Crippen LogP contribution in [0.2, 0.25) is 5.02 Å². The molecule has 0 amide bonds. The normalized spacial score (nSPS) is 25.6. The summed E-state index contributed by atoms with van der Waals surface area (Å²) in [4.78, 5) is 0. The third-order valence-electron chi connectivity index (χ3n) is 3.59. The molecule has 5 heteroatoms. The highest BCUT2D eigenvalue weighted by Gasteiger charge is 2.29. The fraction of sp³-hybridized carbons (Fsp3) is 0.571. The first-order chi connectivity index (χ1) is 9.16.